The average Bonchev–Trinajstić information content (AvgIpc) is 2.87. The van der Waals surface area contributed by atoms with Crippen LogP contribution in [0.1, 0.15) is 30.0 Å². The molecule has 0 bridgehead atoms. The molecule has 0 aromatic heterocycles. The molecule has 10 heteroatoms. The van der Waals surface area contributed by atoms with Gasteiger partial charge in [0.1, 0.15) is 11.5 Å². The summed E-state index contributed by atoms with van der Waals surface area (Å²) in [5.74, 6) is -1.10. The van der Waals surface area contributed by atoms with Gasteiger partial charge in [0, 0.05) is 21.4 Å². The van der Waals surface area contributed by atoms with Crippen molar-refractivity contribution >= 4 is 51.2 Å². The van der Waals surface area contributed by atoms with E-state index in [1.807, 2.05) is 39.0 Å². The second kappa shape index (κ2) is 13.9. The van der Waals surface area contributed by atoms with E-state index in [0.717, 1.165) is 22.0 Å². The van der Waals surface area contributed by atoms with Crippen molar-refractivity contribution < 1.29 is 23.9 Å². The Morgan fingerprint density at radius 2 is 1.58 bits per heavy atom. The van der Waals surface area contributed by atoms with E-state index in [4.69, 9.17) is 9.47 Å². The summed E-state index contributed by atoms with van der Waals surface area (Å²) in [6, 6.07) is 17.6. The van der Waals surface area contributed by atoms with Crippen LogP contribution in [0.4, 0.5) is 11.4 Å². The zero-order valence-electron chi connectivity index (χ0n) is 21.3. The Morgan fingerprint density at radius 3 is 2.26 bits per heavy atom. The minimum atomic E-state index is -0.946. The average molecular weight is 581 g/mol. The number of benzene rings is 3. The number of anilines is 2. The first-order valence-electron chi connectivity index (χ1n) is 11.9. The number of hydrogen-bond acceptors (Lipinski definition) is 6. The molecule has 38 heavy (non-hydrogen) atoms. The van der Waals surface area contributed by atoms with Crippen LogP contribution in [-0.2, 0) is 14.4 Å². The monoisotopic (exact) mass is 580 g/mol. The molecule has 0 aliphatic heterocycles. The summed E-state index contributed by atoms with van der Waals surface area (Å²) < 4.78 is 11.9. The van der Waals surface area contributed by atoms with Crippen LogP contribution in [-0.4, -0.2) is 37.1 Å². The highest BCUT2D eigenvalue weighted by Crippen LogP contribution is 2.22. The molecule has 3 rings (SSSR count). The van der Waals surface area contributed by atoms with Crippen molar-refractivity contribution in [2.75, 3.05) is 23.8 Å². The SMILES string of the molecule is CCCOc1ccc(NC(=O)C(=O)N/N=C\c2cc(Br)ccc2OCC(=O)Nc2cc(C)cc(C)c2)cc1. The largest absolute Gasteiger partial charge is 0.494 e. The fourth-order valence-electron chi connectivity index (χ4n) is 3.39. The van der Waals surface area contributed by atoms with Crippen molar-refractivity contribution in [2.24, 2.45) is 5.10 Å². The molecule has 3 amide bonds. The topological polar surface area (TPSA) is 118 Å². The summed E-state index contributed by atoms with van der Waals surface area (Å²) in [5, 5.41) is 9.17. The lowest BCUT2D eigenvalue weighted by Gasteiger charge is -2.11. The van der Waals surface area contributed by atoms with Gasteiger partial charge >= 0.3 is 11.8 Å². The van der Waals surface area contributed by atoms with Gasteiger partial charge < -0.3 is 20.1 Å². The molecule has 0 heterocycles. The third-order valence-corrected chi connectivity index (χ3v) is 5.49. The van der Waals surface area contributed by atoms with Gasteiger partial charge in [0.15, 0.2) is 6.61 Å². The van der Waals surface area contributed by atoms with E-state index in [9.17, 15) is 14.4 Å². The van der Waals surface area contributed by atoms with Gasteiger partial charge in [-0.15, -0.1) is 0 Å². The maximum absolute atomic E-state index is 12.4. The van der Waals surface area contributed by atoms with Crippen molar-refractivity contribution in [3.05, 3.63) is 81.8 Å². The number of aryl methyl sites for hydroxylation is 2. The molecule has 0 saturated heterocycles. The van der Waals surface area contributed by atoms with Gasteiger partial charge in [0.05, 0.1) is 12.8 Å². The van der Waals surface area contributed by atoms with Crippen LogP contribution >= 0.6 is 15.9 Å². The van der Waals surface area contributed by atoms with Crippen LogP contribution in [0.15, 0.2) is 70.2 Å². The molecule has 0 atom stereocenters. The zero-order chi connectivity index (χ0) is 27.5. The second-order valence-corrected chi connectivity index (χ2v) is 9.34. The molecule has 3 N–H and O–H groups in total. The van der Waals surface area contributed by atoms with Crippen LogP contribution in [0, 0.1) is 13.8 Å². The number of hydrazone groups is 1. The number of carbonyl (C=O) groups is 3. The lowest BCUT2D eigenvalue weighted by molar-refractivity contribution is -0.136. The van der Waals surface area contributed by atoms with Gasteiger partial charge in [-0.2, -0.15) is 5.10 Å². The number of amides is 3. The molecular weight excluding hydrogens is 552 g/mol. The smallest absolute Gasteiger partial charge is 0.329 e. The van der Waals surface area contributed by atoms with Crippen LogP contribution in [0.25, 0.3) is 0 Å². The first-order chi connectivity index (χ1) is 18.2. The maximum atomic E-state index is 12.4. The van der Waals surface area contributed by atoms with Crippen LogP contribution in [0.2, 0.25) is 0 Å². The highest BCUT2D eigenvalue weighted by atomic mass is 79.9. The van der Waals surface area contributed by atoms with Crippen molar-refractivity contribution in [3.8, 4) is 11.5 Å². The molecule has 0 aliphatic rings. The molecule has 0 spiro atoms. The van der Waals surface area contributed by atoms with Crippen molar-refractivity contribution in [3.63, 3.8) is 0 Å². The Balaban J connectivity index is 1.54. The zero-order valence-corrected chi connectivity index (χ0v) is 22.9. The van der Waals surface area contributed by atoms with Gasteiger partial charge in [0.25, 0.3) is 5.91 Å². The Labute approximate surface area is 229 Å². The number of carbonyl (C=O) groups excluding carboxylic acids is 3. The number of rotatable bonds is 10. The fraction of sp³-hybridized carbons (Fsp3) is 0.214. The number of nitrogens with zero attached hydrogens (tertiary/aromatic N) is 1. The Morgan fingerprint density at radius 1 is 0.868 bits per heavy atom. The van der Waals surface area contributed by atoms with E-state index in [1.54, 1.807) is 42.5 Å². The van der Waals surface area contributed by atoms with E-state index in [1.165, 1.54) is 6.21 Å². The minimum absolute atomic E-state index is 0.230. The maximum Gasteiger partial charge on any atom is 0.329 e. The lowest BCUT2D eigenvalue weighted by atomic mass is 10.1. The normalized spacial score (nSPS) is 10.6. The van der Waals surface area contributed by atoms with Gasteiger partial charge in [-0.1, -0.05) is 28.9 Å². The van der Waals surface area contributed by atoms with E-state index in [0.29, 0.717) is 35.0 Å². The van der Waals surface area contributed by atoms with Crippen LogP contribution < -0.4 is 25.5 Å². The highest BCUT2D eigenvalue weighted by molar-refractivity contribution is 9.10. The van der Waals surface area contributed by atoms with Crippen molar-refractivity contribution in [1.29, 1.82) is 0 Å². The van der Waals surface area contributed by atoms with E-state index in [2.05, 4.69) is 37.1 Å². The summed E-state index contributed by atoms with van der Waals surface area (Å²) in [7, 11) is 0. The first-order valence-corrected chi connectivity index (χ1v) is 12.7. The Kier molecular flexibility index (Phi) is 10.4. The molecule has 0 aliphatic carbocycles. The summed E-state index contributed by atoms with van der Waals surface area (Å²) in [6.07, 6.45) is 2.21. The van der Waals surface area contributed by atoms with Crippen LogP contribution in [0.3, 0.4) is 0 Å². The predicted octanol–water partition coefficient (Wildman–Crippen LogP) is 4.96. The minimum Gasteiger partial charge on any atom is -0.494 e. The second-order valence-electron chi connectivity index (χ2n) is 8.42. The quantitative estimate of drug-likeness (QED) is 0.178. The van der Waals surface area contributed by atoms with Crippen molar-refractivity contribution in [2.45, 2.75) is 27.2 Å². The number of nitrogens with one attached hydrogen (secondary N) is 3. The van der Waals surface area contributed by atoms with E-state index >= 15 is 0 Å². The van der Waals surface area contributed by atoms with Gasteiger partial charge in [-0.25, -0.2) is 5.43 Å². The third kappa shape index (κ3) is 9.04. The molecular formula is C28H29BrN4O5. The summed E-state index contributed by atoms with van der Waals surface area (Å²) in [4.78, 5) is 36.8. The molecule has 0 radical (unpaired) electrons. The molecule has 9 nitrogen and oxygen atoms in total. The lowest BCUT2D eigenvalue weighted by Crippen LogP contribution is -2.32. The number of ether oxygens (including phenoxy) is 2. The fourth-order valence-corrected chi connectivity index (χ4v) is 3.77. The summed E-state index contributed by atoms with van der Waals surface area (Å²) in [5.41, 5.74) is 5.89. The van der Waals surface area contributed by atoms with Gasteiger partial charge in [-0.05, 0) is 86.0 Å². The molecule has 0 saturated carbocycles. The van der Waals surface area contributed by atoms with Gasteiger partial charge in [0.2, 0.25) is 0 Å². The molecule has 0 fully saturated rings. The first kappa shape index (κ1) is 28.4. The molecule has 3 aromatic carbocycles. The van der Waals surface area contributed by atoms with E-state index < -0.39 is 11.8 Å². The standard InChI is InChI=1S/C28H29BrN4O5/c1-4-11-37-24-8-6-22(7-9-24)32-27(35)28(36)33-30-16-20-15-21(29)5-10-25(20)38-17-26(34)31-23-13-18(2)12-19(3)14-23/h5-10,12-16H,4,11,17H2,1-3H3,(H,31,34)(H,32,35)(H,33,36)/b30-16-. The van der Waals surface area contributed by atoms with Crippen molar-refractivity contribution in [1.82, 2.24) is 5.43 Å². The predicted molar refractivity (Wildman–Crippen MR) is 151 cm³/mol. The molecule has 198 valence electrons. The third-order valence-electron chi connectivity index (χ3n) is 5.00. The highest BCUT2D eigenvalue weighted by Gasteiger charge is 2.13. The van der Waals surface area contributed by atoms with Gasteiger partial charge in [-0.3, -0.25) is 14.4 Å². The molecule has 0 unspecified atom stereocenters. The van der Waals surface area contributed by atoms with E-state index in [-0.39, 0.29) is 12.5 Å². The Hall–Kier alpha value is -4.18. The molecule has 3 aromatic rings. The summed E-state index contributed by atoms with van der Waals surface area (Å²) in [6.45, 7) is 6.28. The number of hydrogen-bond donors (Lipinski definition) is 3. The summed E-state index contributed by atoms with van der Waals surface area (Å²) >= 11 is 3.38. The Bertz CT molecular complexity index is 1310. The van der Waals surface area contributed by atoms with Crippen LogP contribution in [0.5, 0.6) is 11.5 Å². The number of halogens is 1.